The fourth-order valence-electron chi connectivity index (χ4n) is 5.67. The summed E-state index contributed by atoms with van der Waals surface area (Å²) in [4.78, 5) is 42.8. The largest absolute Gasteiger partial charge is 0.469 e. The minimum absolute atomic E-state index is 0.127. The third-order valence-corrected chi connectivity index (χ3v) is 9.40. The quantitative estimate of drug-likeness (QED) is 0.0210. The summed E-state index contributed by atoms with van der Waals surface area (Å²) >= 11 is 0. The molecule has 1 heterocycles. The second-order valence-electron chi connectivity index (χ2n) is 14.0. The number of esters is 2. The van der Waals surface area contributed by atoms with Crippen LogP contribution < -0.4 is 0 Å². The van der Waals surface area contributed by atoms with Crippen molar-refractivity contribution in [3.63, 3.8) is 0 Å². The first-order valence-electron chi connectivity index (χ1n) is 20.7. The molecular formula is C43H73O9P. The molecule has 2 N–H and O–H groups in total. The second-order valence-corrected chi connectivity index (χ2v) is 15.2. The Morgan fingerprint density at radius 1 is 0.585 bits per heavy atom. The lowest BCUT2D eigenvalue weighted by Gasteiger charge is -2.18. The number of unbranched alkanes of at least 4 members (excludes halogenated alkanes) is 14. The molecular weight excluding hydrogens is 691 g/mol. The van der Waals surface area contributed by atoms with Crippen LogP contribution in [-0.2, 0) is 32.9 Å². The van der Waals surface area contributed by atoms with Crippen molar-refractivity contribution in [1.29, 1.82) is 0 Å². The van der Waals surface area contributed by atoms with E-state index in [9.17, 15) is 14.2 Å². The zero-order valence-electron chi connectivity index (χ0n) is 33.1. The van der Waals surface area contributed by atoms with E-state index in [1.54, 1.807) is 0 Å². The van der Waals surface area contributed by atoms with Crippen molar-refractivity contribution in [1.82, 2.24) is 0 Å². The van der Waals surface area contributed by atoms with Crippen LogP contribution in [0.5, 0.6) is 0 Å². The van der Waals surface area contributed by atoms with Crippen LogP contribution >= 0.6 is 7.82 Å². The Balaban J connectivity index is 2.12. The molecule has 53 heavy (non-hydrogen) atoms. The molecule has 1 aliphatic heterocycles. The highest BCUT2D eigenvalue weighted by Gasteiger charge is 2.36. The van der Waals surface area contributed by atoms with Crippen LogP contribution in [0, 0.1) is 0 Å². The van der Waals surface area contributed by atoms with E-state index in [0.29, 0.717) is 31.5 Å². The lowest BCUT2D eigenvalue weighted by Crippen LogP contribution is -2.29. The Morgan fingerprint density at radius 2 is 1.04 bits per heavy atom. The summed E-state index contributed by atoms with van der Waals surface area (Å²) in [5.41, 5.74) is 0. The van der Waals surface area contributed by atoms with Crippen molar-refractivity contribution in [3.8, 4) is 0 Å². The maximum atomic E-state index is 12.4. The molecule has 1 saturated heterocycles. The van der Waals surface area contributed by atoms with E-state index in [1.807, 2.05) is 6.08 Å². The normalized spacial score (nSPS) is 16.9. The molecule has 0 saturated carbocycles. The van der Waals surface area contributed by atoms with Crippen LogP contribution in [0.25, 0.3) is 0 Å². The van der Waals surface area contributed by atoms with E-state index >= 15 is 0 Å². The van der Waals surface area contributed by atoms with Gasteiger partial charge in [0, 0.05) is 12.8 Å². The highest BCUT2D eigenvalue weighted by atomic mass is 31.2. The van der Waals surface area contributed by atoms with Crippen molar-refractivity contribution < 1.29 is 42.7 Å². The van der Waals surface area contributed by atoms with Gasteiger partial charge in [0.2, 0.25) is 0 Å². The molecule has 0 radical (unpaired) electrons. The first-order valence-corrected chi connectivity index (χ1v) is 22.2. The molecule has 0 spiro atoms. The third-order valence-electron chi connectivity index (χ3n) is 8.91. The Bertz CT molecular complexity index is 1110. The SMILES string of the molecule is CCCCC/C=C\C/C=C\CCCCCCCCCC(=O)OC[C@H](COP(=O)(O)O)OC(=O)CCC/C=C\C/C=C\CC1OC1C/C=C\CCCCC. The van der Waals surface area contributed by atoms with Crippen molar-refractivity contribution in [2.24, 2.45) is 0 Å². The number of phosphoric ester groups is 1. The van der Waals surface area contributed by atoms with E-state index in [1.165, 1.54) is 64.2 Å². The number of rotatable bonds is 36. The zero-order valence-corrected chi connectivity index (χ0v) is 34.0. The summed E-state index contributed by atoms with van der Waals surface area (Å²) in [6.45, 7) is 3.56. The molecule has 0 aromatic rings. The van der Waals surface area contributed by atoms with Gasteiger partial charge in [-0.2, -0.15) is 0 Å². The molecule has 0 aromatic carbocycles. The summed E-state index contributed by atoms with van der Waals surface area (Å²) in [7, 11) is -4.78. The minimum Gasteiger partial charge on any atom is -0.462 e. The Labute approximate surface area is 322 Å². The van der Waals surface area contributed by atoms with Crippen LogP contribution in [0.2, 0.25) is 0 Å². The van der Waals surface area contributed by atoms with E-state index < -0.39 is 32.5 Å². The van der Waals surface area contributed by atoms with Gasteiger partial charge in [-0.1, -0.05) is 132 Å². The average molecular weight is 765 g/mol. The van der Waals surface area contributed by atoms with Crippen molar-refractivity contribution in [3.05, 3.63) is 60.8 Å². The lowest BCUT2D eigenvalue weighted by atomic mass is 10.1. The van der Waals surface area contributed by atoms with E-state index in [0.717, 1.165) is 57.8 Å². The summed E-state index contributed by atoms with van der Waals surface area (Å²) in [5.74, 6) is -0.969. The number of epoxide rings is 1. The smallest absolute Gasteiger partial charge is 0.462 e. The van der Waals surface area contributed by atoms with Gasteiger partial charge in [0.1, 0.15) is 6.61 Å². The average Bonchev–Trinajstić information content (AvgIpc) is 3.88. The molecule has 0 aromatic heterocycles. The van der Waals surface area contributed by atoms with E-state index in [2.05, 4.69) is 73.1 Å². The lowest BCUT2D eigenvalue weighted by molar-refractivity contribution is -0.161. The van der Waals surface area contributed by atoms with Crippen molar-refractivity contribution in [2.45, 2.75) is 186 Å². The molecule has 2 unspecified atom stereocenters. The van der Waals surface area contributed by atoms with Gasteiger partial charge in [0.05, 0.1) is 18.8 Å². The van der Waals surface area contributed by atoms with Gasteiger partial charge in [-0.25, -0.2) is 4.57 Å². The third kappa shape index (κ3) is 34.0. The molecule has 10 heteroatoms. The number of allylic oxidation sites excluding steroid dienone is 8. The molecule has 304 valence electrons. The maximum Gasteiger partial charge on any atom is 0.469 e. The first kappa shape index (κ1) is 48.7. The Hall–Kier alpha value is -2.29. The van der Waals surface area contributed by atoms with E-state index in [4.69, 9.17) is 24.0 Å². The second kappa shape index (κ2) is 34.2. The van der Waals surface area contributed by atoms with Gasteiger partial charge in [-0.05, 0) is 83.5 Å². The molecule has 1 aliphatic rings. The first-order chi connectivity index (χ1) is 25.7. The summed E-state index contributed by atoms with van der Waals surface area (Å²) in [5, 5.41) is 0. The van der Waals surface area contributed by atoms with Gasteiger partial charge >= 0.3 is 19.8 Å². The van der Waals surface area contributed by atoms with Gasteiger partial charge < -0.3 is 24.0 Å². The van der Waals surface area contributed by atoms with Gasteiger partial charge in [-0.3, -0.25) is 14.1 Å². The van der Waals surface area contributed by atoms with Crippen LogP contribution in [0.15, 0.2) is 60.8 Å². The summed E-state index contributed by atoms with van der Waals surface area (Å²) < 4.78 is 32.1. The van der Waals surface area contributed by atoms with Crippen molar-refractivity contribution >= 4 is 19.8 Å². The van der Waals surface area contributed by atoms with Crippen molar-refractivity contribution in [2.75, 3.05) is 13.2 Å². The monoisotopic (exact) mass is 764 g/mol. The number of hydrogen-bond donors (Lipinski definition) is 2. The highest BCUT2D eigenvalue weighted by Crippen LogP contribution is 2.36. The molecule has 1 fully saturated rings. The topological polar surface area (TPSA) is 132 Å². The fraction of sp³-hybridized carbons (Fsp3) is 0.721. The van der Waals surface area contributed by atoms with Crippen LogP contribution in [0.4, 0.5) is 0 Å². The van der Waals surface area contributed by atoms with Gasteiger partial charge in [0.25, 0.3) is 0 Å². The number of hydrogen-bond acceptors (Lipinski definition) is 7. The number of ether oxygens (including phenoxy) is 3. The van der Waals surface area contributed by atoms with E-state index in [-0.39, 0.29) is 19.4 Å². The molecule has 0 amide bonds. The number of carbonyl (C=O) groups is 2. The standard InChI is InChI=1S/C43H73O9P/c1-3-5-7-9-11-12-13-14-15-16-17-18-19-20-23-27-31-35-42(44)49-37-39(38-50-53(46,47)48)51-43(45)36-32-28-24-21-22-26-30-34-41-40(52-41)33-29-25-10-8-6-4-2/h11-12,14-15,21,24-26,29-30,39-41H,3-10,13,16-20,22-23,27-28,31-38H2,1-2H3,(H2,46,47,48)/b12-11-,15-14-,24-21-,29-25-,30-26-/t39-,40?,41?/m1/s1. The van der Waals surface area contributed by atoms with Crippen LogP contribution in [-0.4, -0.2) is 53.3 Å². The summed E-state index contributed by atoms with van der Waals surface area (Å²) in [6.07, 6.45) is 45.4. The minimum atomic E-state index is -4.78. The fourth-order valence-corrected chi connectivity index (χ4v) is 6.03. The molecule has 1 rings (SSSR count). The molecule has 0 aliphatic carbocycles. The molecule has 0 bridgehead atoms. The highest BCUT2D eigenvalue weighted by molar-refractivity contribution is 7.46. The Kier molecular flexibility index (Phi) is 31.5. The van der Waals surface area contributed by atoms with Crippen LogP contribution in [0.3, 0.4) is 0 Å². The van der Waals surface area contributed by atoms with Crippen LogP contribution in [0.1, 0.15) is 168 Å². The van der Waals surface area contributed by atoms with Gasteiger partial charge in [0.15, 0.2) is 6.10 Å². The molecule has 9 nitrogen and oxygen atoms in total. The van der Waals surface area contributed by atoms with Gasteiger partial charge in [-0.15, -0.1) is 0 Å². The maximum absolute atomic E-state index is 12.4. The number of phosphoric acid groups is 1. The zero-order chi connectivity index (χ0) is 38.7. The molecule has 3 atom stereocenters. The predicted molar refractivity (Wildman–Crippen MR) is 215 cm³/mol. The Morgan fingerprint density at radius 3 is 1.60 bits per heavy atom. The number of carbonyl (C=O) groups excluding carboxylic acids is 2. The predicted octanol–water partition coefficient (Wildman–Crippen LogP) is 11.5. The summed E-state index contributed by atoms with van der Waals surface area (Å²) in [6, 6.07) is 0.